The summed E-state index contributed by atoms with van der Waals surface area (Å²) in [7, 11) is 0. The number of pyridine rings is 2. The van der Waals surface area contributed by atoms with Crippen LogP contribution < -0.4 is 0 Å². The average molecular weight is 361 g/mol. The lowest BCUT2D eigenvalue weighted by Crippen LogP contribution is -2.06. The first-order valence-electron chi connectivity index (χ1n) is 12.0. The molecule has 4 aromatic rings. The Hall–Kier alpha value is -2.68. The fourth-order valence-electron chi connectivity index (χ4n) is 3.57. The van der Waals surface area contributed by atoms with Crippen molar-refractivity contribution < 1.29 is 11.3 Å². The maximum absolute atomic E-state index is 8.93. The Labute approximate surface area is 166 Å². The van der Waals surface area contributed by atoms with E-state index in [0.717, 1.165) is 34.0 Å². The fourth-order valence-corrected chi connectivity index (χ4v) is 3.57. The zero-order valence-corrected chi connectivity index (χ0v) is 15.2. The number of hydrogen-bond acceptors (Lipinski definition) is 3. The average Bonchev–Trinajstić information content (AvgIpc) is 3.15. The van der Waals surface area contributed by atoms with E-state index >= 15 is 0 Å². The third-order valence-electron chi connectivity index (χ3n) is 5.09. The first kappa shape index (κ1) is 11.9. The minimum Gasteiger partial charge on any atom is -0.437 e. The van der Waals surface area contributed by atoms with Gasteiger partial charge in [-0.2, -0.15) is 0 Å². The van der Waals surface area contributed by atoms with Crippen LogP contribution in [0.1, 0.15) is 62.9 Å². The van der Waals surface area contributed by atoms with Crippen LogP contribution in [0.4, 0.5) is 0 Å². The van der Waals surface area contributed by atoms with Gasteiger partial charge in [0.2, 0.25) is 5.71 Å². The maximum atomic E-state index is 8.93. The quantitative estimate of drug-likeness (QED) is 0.410. The molecule has 3 heteroatoms. The summed E-state index contributed by atoms with van der Waals surface area (Å²) >= 11 is 0. The highest BCUT2D eigenvalue weighted by atomic mass is 16.3. The van der Waals surface area contributed by atoms with Gasteiger partial charge in [0.1, 0.15) is 5.58 Å². The topological polar surface area (TPSA) is 38.9 Å². The summed E-state index contributed by atoms with van der Waals surface area (Å²) in [4.78, 5) is 9.08. The molecule has 0 atom stereocenters. The number of rotatable bonds is 3. The molecular formula is C24H24N2O. The first-order chi connectivity index (χ1) is 15.2. The summed E-state index contributed by atoms with van der Waals surface area (Å²) in [6, 6.07) is 13.1. The molecule has 3 aromatic heterocycles. The van der Waals surface area contributed by atoms with Gasteiger partial charge < -0.3 is 4.42 Å². The molecule has 27 heavy (non-hydrogen) atoms. The van der Waals surface area contributed by atoms with Crippen molar-refractivity contribution in [3.63, 3.8) is 0 Å². The van der Waals surface area contributed by atoms with E-state index in [2.05, 4.69) is 16.9 Å². The Bertz CT molecular complexity index is 1300. The molecule has 1 saturated carbocycles. The molecule has 0 aliphatic heterocycles. The summed E-state index contributed by atoms with van der Waals surface area (Å²) in [6.45, 7) is 2.08. The molecule has 3 heterocycles. The molecule has 1 aliphatic carbocycles. The van der Waals surface area contributed by atoms with Crippen LogP contribution in [0.3, 0.4) is 0 Å². The SMILES string of the molecule is [2H]C1([2H])CCCC([2H])([2H])C1([2H])c1ccc2c(n1)oc1c(-c3ccc(CC)cn3)cccc12. The van der Waals surface area contributed by atoms with E-state index < -0.39 is 18.6 Å². The van der Waals surface area contributed by atoms with Gasteiger partial charge >= 0.3 is 0 Å². The molecule has 0 amide bonds. The van der Waals surface area contributed by atoms with Crippen molar-refractivity contribution in [1.29, 1.82) is 0 Å². The smallest absolute Gasteiger partial charge is 0.227 e. The molecule has 5 rings (SSSR count). The number of para-hydroxylation sites is 1. The maximum Gasteiger partial charge on any atom is 0.227 e. The zero-order valence-electron chi connectivity index (χ0n) is 20.2. The van der Waals surface area contributed by atoms with Gasteiger partial charge in [-0.05, 0) is 49.0 Å². The number of nitrogens with zero attached hydrogens (tertiary/aromatic N) is 2. The molecule has 0 spiro atoms. The normalized spacial score (nSPS) is 23.2. The van der Waals surface area contributed by atoms with Crippen molar-refractivity contribution in [1.82, 2.24) is 9.97 Å². The lowest BCUT2D eigenvalue weighted by atomic mass is 9.86. The summed E-state index contributed by atoms with van der Waals surface area (Å²) in [5.74, 6) is -2.12. The van der Waals surface area contributed by atoms with E-state index in [1.807, 2.05) is 36.5 Å². The highest BCUT2D eigenvalue weighted by molar-refractivity contribution is 6.08. The number of aromatic nitrogens is 2. The molecule has 1 fully saturated rings. The van der Waals surface area contributed by atoms with Crippen LogP contribution in [0.15, 0.2) is 53.1 Å². The van der Waals surface area contributed by atoms with Gasteiger partial charge in [-0.15, -0.1) is 0 Å². The predicted molar refractivity (Wildman–Crippen MR) is 110 cm³/mol. The largest absolute Gasteiger partial charge is 0.437 e. The van der Waals surface area contributed by atoms with Crippen molar-refractivity contribution in [2.45, 2.75) is 51.2 Å². The van der Waals surface area contributed by atoms with E-state index in [1.54, 1.807) is 12.1 Å². The van der Waals surface area contributed by atoms with Crippen molar-refractivity contribution in [3.05, 3.63) is 59.9 Å². The van der Waals surface area contributed by atoms with Crippen molar-refractivity contribution in [2.24, 2.45) is 0 Å². The van der Waals surface area contributed by atoms with E-state index in [0.29, 0.717) is 12.0 Å². The van der Waals surface area contributed by atoms with Crippen LogP contribution in [-0.4, -0.2) is 9.97 Å². The van der Waals surface area contributed by atoms with E-state index in [4.69, 9.17) is 11.3 Å². The Balaban J connectivity index is 1.69. The molecule has 0 saturated heterocycles. The van der Waals surface area contributed by atoms with Crippen LogP contribution in [0, 0.1) is 0 Å². The summed E-state index contributed by atoms with van der Waals surface area (Å²) in [5.41, 5.74) is 3.72. The van der Waals surface area contributed by atoms with Crippen LogP contribution >= 0.6 is 0 Å². The van der Waals surface area contributed by atoms with Crippen molar-refractivity contribution in [2.75, 3.05) is 0 Å². The molecule has 1 aromatic carbocycles. The van der Waals surface area contributed by atoms with Crippen molar-refractivity contribution >= 4 is 22.1 Å². The molecule has 1 aliphatic rings. The second kappa shape index (κ2) is 6.80. The third-order valence-corrected chi connectivity index (χ3v) is 5.09. The second-order valence-electron chi connectivity index (χ2n) is 6.82. The summed E-state index contributed by atoms with van der Waals surface area (Å²) < 4.78 is 48.8. The monoisotopic (exact) mass is 361 g/mol. The molecule has 0 N–H and O–H groups in total. The van der Waals surface area contributed by atoms with Gasteiger partial charge in [0, 0.05) is 41.0 Å². The van der Waals surface area contributed by atoms with Crippen LogP contribution in [-0.2, 0) is 6.42 Å². The molecule has 3 nitrogen and oxygen atoms in total. The standard InChI is InChI=1S/C24H24N2O/c1-2-16-11-13-22(25-15-16)20-10-6-9-18-19-12-14-21(17-7-4-3-5-8-17)26-24(19)27-23(18)20/h6,9-15,17H,2-5,7-8H2,1H3/i7D2,8D2,17D. The molecule has 136 valence electrons. The second-order valence-corrected chi connectivity index (χ2v) is 6.82. The Kier molecular flexibility index (Phi) is 3.00. The number of aryl methyl sites for hydroxylation is 1. The number of furan rings is 1. The van der Waals surface area contributed by atoms with Gasteiger partial charge in [-0.3, -0.25) is 4.98 Å². The predicted octanol–water partition coefficient (Wildman–Crippen LogP) is 6.65. The van der Waals surface area contributed by atoms with E-state index in [9.17, 15) is 0 Å². The summed E-state index contributed by atoms with van der Waals surface area (Å²) in [6.07, 6.45) is -0.677. The van der Waals surface area contributed by atoms with Crippen LogP contribution in [0.5, 0.6) is 0 Å². The summed E-state index contributed by atoms with van der Waals surface area (Å²) in [5, 5.41) is 1.60. The fraction of sp³-hybridized carbons (Fsp3) is 0.333. The lowest BCUT2D eigenvalue weighted by molar-refractivity contribution is 0.436. The lowest BCUT2D eigenvalue weighted by Gasteiger charge is -2.20. The first-order valence-corrected chi connectivity index (χ1v) is 9.46. The Morgan fingerprint density at radius 2 is 1.96 bits per heavy atom. The number of benzene rings is 1. The van der Waals surface area contributed by atoms with Gasteiger partial charge in [-0.1, -0.05) is 44.4 Å². The highest BCUT2D eigenvalue weighted by Gasteiger charge is 2.19. The third kappa shape index (κ3) is 2.91. The number of hydrogen-bond donors (Lipinski definition) is 0. The minimum absolute atomic E-state index is 0.0609. The van der Waals surface area contributed by atoms with Gasteiger partial charge in [0.05, 0.1) is 5.69 Å². The van der Waals surface area contributed by atoms with Gasteiger partial charge in [0.25, 0.3) is 0 Å². The molecule has 0 unspecified atom stereocenters. The van der Waals surface area contributed by atoms with Crippen LogP contribution in [0.25, 0.3) is 33.3 Å². The van der Waals surface area contributed by atoms with E-state index in [1.165, 1.54) is 0 Å². The number of fused-ring (bicyclic) bond motifs is 3. The Morgan fingerprint density at radius 1 is 1.07 bits per heavy atom. The van der Waals surface area contributed by atoms with Gasteiger partial charge in [-0.25, -0.2) is 4.98 Å². The zero-order chi connectivity index (χ0) is 22.7. The molecular weight excluding hydrogens is 332 g/mol. The van der Waals surface area contributed by atoms with E-state index in [-0.39, 0.29) is 24.2 Å². The highest BCUT2D eigenvalue weighted by Crippen LogP contribution is 2.37. The Morgan fingerprint density at radius 3 is 2.74 bits per heavy atom. The van der Waals surface area contributed by atoms with Gasteiger partial charge in [0.15, 0.2) is 0 Å². The van der Waals surface area contributed by atoms with Crippen molar-refractivity contribution in [3.8, 4) is 11.3 Å². The molecule has 0 radical (unpaired) electrons. The molecule has 0 bridgehead atoms. The van der Waals surface area contributed by atoms with Crippen LogP contribution in [0.2, 0.25) is 0 Å². The minimum atomic E-state index is -2.12.